The Morgan fingerprint density at radius 3 is 1.62 bits per heavy atom. The van der Waals surface area contributed by atoms with Crippen molar-refractivity contribution in [3.8, 4) is 22.3 Å². The van der Waals surface area contributed by atoms with E-state index in [2.05, 4.69) is 133 Å². The summed E-state index contributed by atoms with van der Waals surface area (Å²) in [5, 5.41) is 13.3. The van der Waals surface area contributed by atoms with Crippen LogP contribution in [-0.2, 0) is 12.8 Å². The SMILES string of the molecule is c1cc2c3c(cc(-c4c5ccccc5c(-c5cc6ccccc6c6ccccc56)c5ccccc45)cc3c1)CC2. The second kappa shape index (κ2) is 8.28. The zero-order valence-corrected chi connectivity index (χ0v) is 22.1. The highest BCUT2D eigenvalue weighted by Crippen LogP contribution is 2.47. The molecule has 0 spiro atoms. The van der Waals surface area contributed by atoms with Crippen molar-refractivity contribution in [1.82, 2.24) is 0 Å². The van der Waals surface area contributed by atoms with Crippen molar-refractivity contribution < 1.29 is 0 Å². The Morgan fingerprint density at radius 1 is 0.350 bits per heavy atom. The Balaban J connectivity index is 1.45. The number of aryl methyl sites for hydroxylation is 2. The maximum absolute atomic E-state index is 2.47. The van der Waals surface area contributed by atoms with Gasteiger partial charge in [-0.3, -0.25) is 0 Å². The van der Waals surface area contributed by atoms with Gasteiger partial charge in [0.25, 0.3) is 0 Å². The Hall–Kier alpha value is -4.94. The maximum Gasteiger partial charge on any atom is -0.00199 e. The predicted octanol–water partition coefficient (Wildman–Crippen LogP) is 10.9. The van der Waals surface area contributed by atoms with Crippen LogP contribution >= 0.6 is 0 Å². The minimum absolute atomic E-state index is 1.13. The first-order valence-corrected chi connectivity index (χ1v) is 14.2. The summed E-state index contributed by atoms with van der Waals surface area (Å²) in [4.78, 5) is 0. The third kappa shape index (κ3) is 3.02. The highest BCUT2D eigenvalue weighted by atomic mass is 14.2. The van der Waals surface area contributed by atoms with Gasteiger partial charge >= 0.3 is 0 Å². The molecule has 1 aliphatic rings. The van der Waals surface area contributed by atoms with E-state index < -0.39 is 0 Å². The van der Waals surface area contributed by atoms with Crippen LogP contribution in [0.25, 0.3) is 76.1 Å². The van der Waals surface area contributed by atoms with Crippen LogP contribution in [0.15, 0.2) is 133 Å². The van der Waals surface area contributed by atoms with Crippen molar-refractivity contribution >= 4 is 53.9 Å². The molecule has 9 rings (SSSR count). The summed E-state index contributed by atoms with van der Waals surface area (Å²) in [6, 6.07) is 49.9. The Bertz CT molecular complexity index is 2260. The molecule has 0 amide bonds. The van der Waals surface area contributed by atoms with Crippen molar-refractivity contribution in [2.45, 2.75) is 12.8 Å². The fourth-order valence-electron chi connectivity index (χ4n) is 7.41. The number of benzene rings is 8. The van der Waals surface area contributed by atoms with Gasteiger partial charge in [0, 0.05) is 0 Å². The maximum atomic E-state index is 2.47. The third-order valence-corrected chi connectivity index (χ3v) is 9.07. The van der Waals surface area contributed by atoms with Crippen molar-refractivity contribution in [3.63, 3.8) is 0 Å². The minimum Gasteiger partial charge on any atom is -0.0616 e. The zero-order chi connectivity index (χ0) is 26.2. The number of rotatable bonds is 2. The summed E-state index contributed by atoms with van der Waals surface area (Å²) in [6.45, 7) is 0. The lowest BCUT2D eigenvalue weighted by Crippen LogP contribution is -1.93. The second-order valence-corrected chi connectivity index (χ2v) is 11.2. The molecule has 186 valence electrons. The summed E-state index contributed by atoms with van der Waals surface area (Å²) in [6.07, 6.45) is 2.27. The molecule has 8 aromatic rings. The molecule has 0 aromatic heterocycles. The smallest absolute Gasteiger partial charge is 0.00199 e. The molecule has 0 N–H and O–H groups in total. The summed E-state index contributed by atoms with van der Waals surface area (Å²) in [5.41, 5.74) is 8.27. The largest absolute Gasteiger partial charge is 0.0616 e. The molecular formula is C40H26. The summed E-state index contributed by atoms with van der Waals surface area (Å²) >= 11 is 0. The molecule has 0 aliphatic heterocycles. The first-order valence-electron chi connectivity index (χ1n) is 14.2. The van der Waals surface area contributed by atoms with E-state index in [1.807, 2.05) is 0 Å². The fraction of sp³-hybridized carbons (Fsp3) is 0.0500. The molecule has 1 aliphatic carbocycles. The summed E-state index contributed by atoms with van der Waals surface area (Å²) in [7, 11) is 0. The molecule has 0 heterocycles. The first-order chi connectivity index (χ1) is 19.8. The van der Waals surface area contributed by atoms with E-state index in [0.717, 1.165) is 12.8 Å². The monoisotopic (exact) mass is 506 g/mol. The first kappa shape index (κ1) is 21.9. The fourth-order valence-corrected chi connectivity index (χ4v) is 7.41. The standard InChI is InChI=1S/C40H26/c1-2-13-30-26(10-1)24-37(32-15-4-3-14-31(30)32)40-35-18-7-5-16-33(35)39(34-17-6-8-19-36(34)40)29-22-27-12-9-11-25-20-21-28(23-29)38(25)27/h1-19,22-24H,20-21H2. The van der Waals surface area contributed by atoms with E-state index in [-0.39, 0.29) is 0 Å². The van der Waals surface area contributed by atoms with Crippen molar-refractivity contribution in [2.75, 3.05) is 0 Å². The molecule has 0 saturated carbocycles. The van der Waals surface area contributed by atoms with Crippen LogP contribution in [0.4, 0.5) is 0 Å². The molecule has 0 radical (unpaired) electrons. The molecule has 0 bridgehead atoms. The van der Waals surface area contributed by atoms with E-state index in [0.29, 0.717) is 0 Å². The molecule has 8 aromatic carbocycles. The quantitative estimate of drug-likeness (QED) is 0.162. The molecule has 0 atom stereocenters. The van der Waals surface area contributed by atoms with Crippen molar-refractivity contribution in [3.05, 3.63) is 145 Å². The molecular weight excluding hydrogens is 480 g/mol. The average Bonchev–Trinajstić information content (AvgIpc) is 3.43. The van der Waals surface area contributed by atoms with Crippen molar-refractivity contribution in [2.24, 2.45) is 0 Å². The summed E-state index contributed by atoms with van der Waals surface area (Å²) < 4.78 is 0. The lowest BCUT2D eigenvalue weighted by Gasteiger charge is -2.20. The minimum atomic E-state index is 1.13. The summed E-state index contributed by atoms with van der Waals surface area (Å²) in [5.74, 6) is 0. The number of hydrogen-bond donors (Lipinski definition) is 0. The predicted molar refractivity (Wildman–Crippen MR) is 172 cm³/mol. The lowest BCUT2D eigenvalue weighted by atomic mass is 9.83. The van der Waals surface area contributed by atoms with Gasteiger partial charge in [0.15, 0.2) is 0 Å². The normalized spacial score (nSPS) is 12.8. The highest BCUT2D eigenvalue weighted by Gasteiger charge is 2.21. The topological polar surface area (TPSA) is 0 Å². The van der Waals surface area contributed by atoms with Crippen LogP contribution in [0.5, 0.6) is 0 Å². The van der Waals surface area contributed by atoms with Gasteiger partial charge in [0.05, 0.1) is 0 Å². The zero-order valence-electron chi connectivity index (χ0n) is 22.1. The van der Waals surface area contributed by atoms with Gasteiger partial charge in [-0.15, -0.1) is 0 Å². The van der Waals surface area contributed by atoms with Gasteiger partial charge in [-0.05, 0) is 112 Å². The van der Waals surface area contributed by atoms with E-state index in [1.165, 1.54) is 87.2 Å². The van der Waals surface area contributed by atoms with E-state index >= 15 is 0 Å². The Morgan fingerprint density at radius 2 is 0.900 bits per heavy atom. The molecule has 0 nitrogen and oxygen atoms in total. The van der Waals surface area contributed by atoms with E-state index in [9.17, 15) is 0 Å². The van der Waals surface area contributed by atoms with E-state index in [4.69, 9.17) is 0 Å². The van der Waals surface area contributed by atoms with Crippen LogP contribution in [0.2, 0.25) is 0 Å². The van der Waals surface area contributed by atoms with Gasteiger partial charge in [-0.1, -0.05) is 121 Å². The van der Waals surface area contributed by atoms with Crippen LogP contribution in [0.1, 0.15) is 11.1 Å². The lowest BCUT2D eigenvalue weighted by molar-refractivity contribution is 1.02. The van der Waals surface area contributed by atoms with Gasteiger partial charge in [-0.2, -0.15) is 0 Å². The third-order valence-electron chi connectivity index (χ3n) is 9.07. The van der Waals surface area contributed by atoms with Crippen molar-refractivity contribution in [1.29, 1.82) is 0 Å². The van der Waals surface area contributed by atoms with Crippen LogP contribution in [0, 0.1) is 0 Å². The molecule has 40 heavy (non-hydrogen) atoms. The van der Waals surface area contributed by atoms with Gasteiger partial charge in [-0.25, -0.2) is 0 Å². The molecule has 0 heteroatoms. The number of hydrogen-bond acceptors (Lipinski definition) is 0. The molecule has 0 saturated heterocycles. The Labute approximate surface area is 233 Å². The molecule has 0 fully saturated rings. The second-order valence-electron chi connectivity index (χ2n) is 11.2. The van der Waals surface area contributed by atoms with Crippen LogP contribution < -0.4 is 0 Å². The van der Waals surface area contributed by atoms with Gasteiger partial charge in [0.2, 0.25) is 0 Å². The Kier molecular flexibility index (Phi) is 4.54. The van der Waals surface area contributed by atoms with E-state index in [1.54, 1.807) is 0 Å². The van der Waals surface area contributed by atoms with Gasteiger partial charge in [0.1, 0.15) is 0 Å². The van der Waals surface area contributed by atoms with Crippen LogP contribution in [-0.4, -0.2) is 0 Å². The van der Waals surface area contributed by atoms with Crippen LogP contribution in [0.3, 0.4) is 0 Å². The number of fused-ring (bicyclic) bond motifs is 5. The highest BCUT2D eigenvalue weighted by molar-refractivity contribution is 6.26. The average molecular weight is 507 g/mol. The van der Waals surface area contributed by atoms with Gasteiger partial charge < -0.3 is 0 Å². The molecule has 0 unspecified atom stereocenters.